The smallest absolute Gasteiger partial charge is 0.159 e. The second-order valence-corrected chi connectivity index (χ2v) is 22.1. The number of anilines is 6. The van der Waals surface area contributed by atoms with Gasteiger partial charge in [-0.3, -0.25) is 0 Å². The third-order valence-electron chi connectivity index (χ3n) is 15.5. The molecule has 362 valence electrons. The van der Waals surface area contributed by atoms with Crippen LogP contribution in [0.15, 0.2) is 233 Å². The van der Waals surface area contributed by atoms with Crippen molar-refractivity contribution in [2.75, 3.05) is 9.80 Å². The van der Waals surface area contributed by atoms with Crippen molar-refractivity contribution >= 4 is 121 Å². The zero-order chi connectivity index (χ0) is 50.7. The van der Waals surface area contributed by atoms with Crippen molar-refractivity contribution in [1.29, 1.82) is 0 Å². The Labute approximate surface area is 436 Å². The summed E-state index contributed by atoms with van der Waals surface area (Å²) in [6, 6.07) is 81.7. The molecule has 0 atom stereocenters. The van der Waals surface area contributed by atoms with Crippen LogP contribution < -0.4 is 9.80 Å². The van der Waals surface area contributed by atoms with E-state index >= 15 is 0 Å². The fourth-order valence-electron chi connectivity index (χ4n) is 11.8. The number of aromatic nitrogens is 1. The molecule has 11 aromatic carbocycles. The van der Waals surface area contributed by atoms with Crippen molar-refractivity contribution in [1.82, 2.24) is 4.57 Å². The highest BCUT2D eigenvalue weighted by Gasteiger charge is 2.29. The lowest BCUT2D eigenvalue weighted by Crippen LogP contribution is -2.14. The molecule has 0 aliphatic carbocycles. The summed E-state index contributed by atoms with van der Waals surface area (Å²) in [7, 11) is 0. The van der Waals surface area contributed by atoms with E-state index in [1.807, 2.05) is 12.1 Å². The lowest BCUT2D eigenvalue weighted by Gasteiger charge is -2.28. The molecule has 3 aromatic heterocycles. The van der Waals surface area contributed by atoms with Crippen LogP contribution in [0.25, 0.3) is 92.9 Å². The van der Waals surface area contributed by atoms with Crippen LogP contribution in [0.3, 0.4) is 0 Å². The molecule has 0 amide bonds. The summed E-state index contributed by atoms with van der Waals surface area (Å²) in [6.07, 6.45) is 0. The number of furan rings is 2. The van der Waals surface area contributed by atoms with Crippen LogP contribution in [0, 0.1) is 0 Å². The predicted octanol–water partition coefficient (Wildman–Crippen LogP) is 20.4. The van der Waals surface area contributed by atoms with Gasteiger partial charge in [0.25, 0.3) is 0 Å². The Morgan fingerprint density at radius 2 is 0.680 bits per heavy atom. The van der Waals surface area contributed by atoms with Gasteiger partial charge in [0.05, 0.1) is 33.8 Å². The molecule has 14 rings (SSSR count). The van der Waals surface area contributed by atoms with Crippen molar-refractivity contribution in [2.24, 2.45) is 0 Å². The van der Waals surface area contributed by atoms with Gasteiger partial charge in [-0.25, -0.2) is 0 Å². The third kappa shape index (κ3) is 7.06. The molecule has 0 radical (unpaired) electrons. The van der Waals surface area contributed by atoms with E-state index in [9.17, 15) is 0 Å². The summed E-state index contributed by atoms with van der Waals surface area (Å²) < 4.78 is 16.3. The molecular weight excluding hydrogens is 915 g/mol. The maximum Gasteiger partial charge on any atom is 0.159 e. The summed E-state index contributed by atoms with van der Waals surface area (Å²) in [5.74, 6) is 0. The molecule has 0 bridgehead atoms. The molecule has 5 heteroatoms. The van der Waals surface area contributed by atoms with E-state index < -0.39 is 0 Å². The van der Waals surface area contributed by atoms with Gasteiger partial charge in [0.2, 0.25) is 0 Å². The highest BCUT2D eigenvalue weighted by atomic mass is 16.3. The van der Waals surface area contributed by atoms with Gasteiger partial charge < -0.3 is 23.2 Å². The maximum absolute atomic E-state index is 6.89. The SMILES string of the molecule is CC(C)(C)c1ccc(N(c2cc3c(c4ccccc24)c2c4ccccc4c(N(c4ccc(C(C)(C)C)cc4)c4cccc5c4oc4ccccc45)cc2n3-c2ccccc2)c2cccc3c2oc2ccccc23)cc1. The first-order chi connectivity index (χ1) is 36.5. The van der Waals surface area contributed by atoms with Gasteiger partial charge in [0.1, 0.15) is 11.2 Å². The van der Waals surface area contributed by atoms with Crippen molar-refractivity contribution in [2.45, 2.75) is 52.4 Å². The number of nitrogens with zero attached hydrogens (tertiary/aromatic N) is 3. The molecule has 75 heavy (non-hydrogen) atoms. The van der Waals surface area contributed by atoms with E-state index in [0.717, 1.165) is 116 Å². The van der Waals surface area contributed by atoms with Crippen LogP contribution in [0.2, 0.25) is 0 Å². The molecule has 0 saturated carbocycles. The van der Waals surface area contributed by atoms with E-state index in [4.69, 9.17) is 8.83 Å². The summed E-state index contributed by atoms with van der Waals surface area (Å²) in [6.45, 7) is 13.6. The number of para-hydroxylation sites is 5. The Kier molecular flexibility index (Phi) is 9.96. The Bertz CT molecular complexity index is 4270. The van der Waals surface area contributed by atoms with Gasteiger partial charge in [-0.2, -0.15) is 0 Å². The van der Waals surface area contributed by atoms with Crippen LogP contribution in [0.4, 0.5) is 34.1 Å². The van der Waals surface area contributed by atoms with Crippen molar-refractivity contribution in [3.05, 3.63) is 236 Å². The van der Waals surface area contributed by atoms with Gasteiger partial charge in [0.15, 0.2) is 11.2 Å². The molecule has 0 fully saturated rings. The normalized spacial score (nSPS) is 12.4. The fraction of sp³-hybridized carbons (Fsp3) is 0.114. The van der Waals surface area contributed by atoms with Crippen molar-refractivity contribution < 1.29 is 8.83 Å². The maximum atomic E-state index is 6.89. The van der Waals surface area contributed by atoms with Gasteiger partial charge in [-0.05, 0) is 106 Å². The Morgan fingerprint density at radius 1 is 0.320 bits per heavy atom. The Balaban J connectivity index is 1.12. The molecule has 0 aliphatic rings. The molecule has 14 aromatic rings. The molecular formula is C70H55N3O2. The van der Waals surface area contributed by atoms with Gasteiger partial charge >= 0.3 is 0 Å². The minimum absolute atomic E-state index is 0.0179. The van der Waals surface area contributed by atoms with Gasteiger partial charge in [-0.1, -0.05) is 193 Å². The third-order valence-corrected chi connectivity index (χ3v) is 15.5. The summed E-state index contributed by atoms with van der Waals surface area (Å²) >= 11 is 0. The first kappa shape index (κ1) is 44.6. The van der Waals surface area contributed by atoms with Crippen molar-refractivity contribution in [3.63, 3.8) is 0 Å². The Morgan fingerprint density at radius 3 is 1.09 bits per heavy atom. The average Bonchev–Trinajstić information content (AvgIpc) is 4.17. The first-order valence-electron chi connectivity index (χ1n) is 26.1. The predicted molar refractivity (Wildman–Crippen MR) is 317 cm³/mol. The number of fused-ring (bicyclic) bond motifs is 13. The minimum Gasteiger partial charge on any atom is -0.454 e. The largest absolute Gasteiger partial charge is 0.454 e. The van der Waals surface area contributed by atoms with Gasteiger partial charge in [-0.15, -0.1) is 0 Å². The molecule has 3 heterocycles. The molecule has 5 nitrogen and oxygen atoms in total. The lowest BCUT2D eigenvalue weighted by atomic mass is 9.87. The van der Waals surface area contributed by atoms with E-state index in [0.29, 0.717) is 0 Å². The molecule has 0 spiro atoms. The molecule has 0 N–H and O–H groups in total. The fourth-order valence-corrected chi connectivity index (χ4v) is 11.8. The molecule has 0 aliphatic heterocycles. The zero-order valence-electron chi connectivity index (χ0n) is 43.0. The van der Waals surface area contributed by atoms with Crippen LogP contribution in [0.5, 0.6) is 0 Å². The van der Waals surface area contributed by atoms with E-state index in [-0.39, 0.29) is 10.8 Å². The van der Waals surface area contributed by atoms with E-state index in [2.05, 4.69) is 268 Å². The lowest BCUT2D eigenvalue weighted by molar-refractivity contribution is 0.590. The number of benzene rings is 11. The molecule has 0 saturated heterocycles. The number of hydrogen-bond donors (Lipinski definition) is 0. The zero-order valence-corrected chi connectivity index (χ0v) is 43.0. The second-order valence-electron chi connectivity index (χ2n) is 22.1. The second kappa shape index (κ2) is 16.7. The first-order valence-corrected chi connectivity index (χ1v) is 26.1. The quantitative estimate of drug-likeness (QED) is 0.159. The summed E-state index contributed by atoms with van der Waals surface area (Å²) in [4.78, 5) is 4.85. The topological polar surface area (TPSA) is 37.7 Å². The Hall–Kier alpha value is -9.06. The summed E-state index contributed by atoms with van der Waals surface area (Å²) in [5.41, 5.74) is 15.3. The van der Waals surface area contributed by atoms with Crippen LogP contribution in [0.1, 0.15) is 52.7 Å². The highest BCUT2D eigenvalue weighted by molar-refractivity contribution is 6.32. The van der Waals surface area contributed by atoms with Crippen LogP contribution in [-0.2, 0) is 10.8 Å². The average molecular weight is 970 g/mol. The minimum atomic E-state index is -0.0179. The van der Waals surface area contributed by atoms with E-state index in [1.54, 1.807) is 0 Å². The van der Waals surface area contributed by atoms with Crippen molar-refractivity contribution in [3.8, 4) is 5.69 Å². The summed E-state index contributed by atoms with van der Waals surface area (Å²) in [5, 5.41) is 11.3. The number of rotatable bonds is 7. The molecule has 0 unspecified atom stereocenters. The van der Waals surface area contributed by atoms with Gasteiger partial charge in [0, 0.05) is 60.2 Å². The standard InChI is InChI=1S/C70H55N3O2/c1-69(2,3)44-34-38-47(39-35-44)71(57-30-18-28-55-51-24-14-16-32-63(51)74-67(55)57)59-42-61-65(53-26-12-10-22-49(53)59)66-54-27-13-11-23-50(54)60(43-62(66)73(61)46-20-8-7-9-21-46)72(48-40-36-45(37-41-48)70(4,5)6)58-31-19-29-56-52-25-15-17-33-64(52)75-68(56)58/h7-43H,1-6H3. The number of hydrogen-bond acceptors (Lipinski definition) is 4. The van der Waals surface area contributed by atoms with E-state index in [1.165, 1.54) is 21.9 Å². The van der Waals surface area contributed by atoms with Crippen LogP contribution >= 0.6 is 0 Å². The highest BCUT2D eigenvalue weighted by Crippen LogP contribution is 2.52. The van der Waals surface area contributed by atoms with Crippen LogP contribution in [-0.4, -0.2) is 4.57 Å². The monoisotopic (exact) mass is 969 g/mol.